The van der Waals surface area contributed by atoms with Crippen molar-refractivity contribution in [2.24, 2.45) is 0 Å². The van der Waals surface area contributed by atoms with Gasteiger partial charge in [0.25, 0.3) is 11.8 Å². The Labute approximate surface area is 202 Å². The molecule has 6 nitrogen and oxygen atoms in total. The Morgan fingerprint density at radius 1 is 0.941 bits per heavy atom. The molecule has 1 aliphatic heterocycles. The minimum Gasteiger partial charge on any atom is -0.497 e. The zero-order valence-corrected chi connectivity index (χ0v) is 19.2. The highest BCUT2D eigenvalue weighted by Crippen LogP contribution is 2.28. The Morgan fingerprint density at radius 3 is 2.38 bits per heavy atom. The van der Waals surface area contributed by atoms with Crippen LogP contribution in [0.1, 0.15) is 11.1 Å². The van der Waals surface area contributed by atoms with E-state index in [1.54, 1.807) is 37.5 Å². The van der Waals surface area contributed by atoms with Crippen LogP contribution in [0.2, 0.25) is 0 Å². The summed E-state index contributed by atoms with van der Waals surface area (Å²) < 4.78 is 7.31. The van der Waals surface area contributed by atoms with Crippen molar-refractivity contribution in [3.63, 3.8) is 0 Å². The van der Waals surface area contributed by atoms with Gasteiger partial charge in [-0.25, -0.2) is 0 Å². The number of thiocarbonyl (C=S) groups is 1. The molecule has 2 heterocycles. The Kier molecular flexibility index (Phi) is 5.69. The van der Waals surface area contributed by atoms with E-state index in [4.69, 9.17) is 17.0 Å². The molecular formula is C27H21N3O3S. The number of ether oxygens (including phenoxy) is 1. The third-order valence-electron chi connectivity index (χ3n) is 5.75. The second-order valence-electron chi connectivity index (χ2n) is 7.87. The Bertz CT molecular complexity index is 1440. The molecule has 1 aliphatic rings. The third kappa shape index (κ3) is 3.97. The van der Waals surface area contributed by atoms with Crippen LogP contribution in [0.3, 0.4) is 0 Å². The first-order valence-electron chi connectivity index (χ1n) is 10.7. The maximum atomic E-state index is 13.4. The van der Waals surface area contributed by atoms with Gasteiger partial charge >= 0.3 is 0 Å². The summed E-state index contributed by atoms with van der Waals surface area (Å²) in [6.07, 6.45) is 3.61. The molecule has 0 aliphatic carbocycles. The minimum absolute atomic E-state index is 0.0204. The maximum absolute atomic E-state index is 13.4. The first-order valence-corrected chi connectivity index (χ1v) is 11.1. The Hall–Kier alpha value is -4.23. The minimum atomic E-state index is -0.514. The van der Waals surface area contributed by atoms with Gasteiger partial charge in [-0.1, -0.05) is 48.5 Å². The molecule has 7 heteroatoms. The standard InChI is InChI=1S/C27H21N3O3S/c1-33-21-13-11-20(12-14-21)30-26(32)23(25(31)28-27(30)34)15-19-17-29(16-18-7-3-2-4-8-18)24-10-6-5-9-22(19)24/h2-15,17H,16H2,1H3,(H,28,31,34)/b23-15-. The number of carbonyl (C=O) groups is 2. The van der Waals surface area contributed by atoms with Crippen LogP contribution in [-0.2, 0) is 16.1 Å². The van der Waals surface area contributed by atoms with Crippen molar-refractivity contribution >= 4 is 51.8 Å². The summed E-state index contributed by atoms with van der Waals surface area (Å²) in [4.78, 5) is 27.5. The van der Waals surface area contributed by atoms with Crippen molar-refractivity contribution in [1.29, 1.82) is 0 Å². The second kappa shape index (κ2) is 8.96. The van der Waals surface area contributed by atoms with Crippen molar-refractivity contribution < 1.29 is 14.3 Å². The predicted molar refractivity (Wildman–Crippen MR) is 137 cm³/mol. The van der Waals surface area contributed by atoms with Gasteiger partial charge in [0.2, 0.25) is 0 Å². The van der Waals surface area contributed by atoms with Gasteiger partial charge in [-0.3, -0.25) is 19.8 Å². The molecule has 1 saturated heterocycles. The van der Waals surface area contributed by atoms with Crippen LogP contribution in [0.4, 0.5) is 5.69 Å². The van der Waals surface area contributed by atoms with Crippen LogP contribution < -0.4 is 15.0 Å². The number of amides is 2. The maximum Gasteiger partial charge on any atom is 0.270 e. The summed E-state index contributed by atoms with van der Waals surface area (Å²) in [6.45, 7) is 0.673. The molecule has 0 saturated carbocycles. The van der Waals surface area contributed by atoms with E-state index in [9.17, 15) is 9.59 Å². The highest BCUT2D eigenvalue weighted by atomic mass is 32.1. The molecule has 1 fully saturated rings. The van der Waals surface area contributed by atoms with E-state index in [2.05, 4.69) is 22.0 Å². The molecule has 0 bridgehead atoms. The van der Waals surface area contributed by atoms with Gasteiger partial charge in [0.1, 0.15) is 11.3 Å². The van der Waals surface area contributed by atoms with E-state index in [0.29, 0.717) is 18.0 Å². The molecule has 3 aromatic carbocycles. The fraction of sp³-hybridized carbons (Fsp3) is 0.0741. The number of rotatable bonds is 5. The summed E-state index contributed by atoms with van der Waals surface area (Å²) in [6, 6.07) is 25.0. The van der Waals surface area contributed by atoms with Crippen LogP contribution in [0.5, 0.6) is 5.75 Å². The summed E-state index contributed by atoms with van der Waals surface area (Å²) in [7, 11) is 1.57. The number of benzene rings is 3. The molecule has 0 unspecified atom stereocenters. The first kappa shape index (κ1) is 21.6. The smallest absolute Gasteiger partial charge is 0.270 e. The number of nitrogens with one attached hydrogen (secondary N) is 1. The van der Waals surface area contributed by atoms with E-state index < -0.39 is 11.8 Å². The lowest BCUT2D eigenvalue weighted by molar-refractivity contribution is -0.122. The third-order valence-corrected chi connectivity index (χ3v) is 6.03. The molecule has 34 heavy (non-hydrogen) atoms. The van der Waals surface area contributed by atoms with Crippen molar-refractivity contribution in [3.05, 3.63) is 102 Å². The van der Waals surface area contributed by atoms with Crippen LogP contribution in [0.15, 0.2) is 90.6 Å². The monoisotopic (exact) mass is 467 g/mol. The van der Waals surface area contributed by atoms with E-state index >= 15 is 0 Å². The quantitative estimate of drug-likeness (QED) is 0.266. The van der Waals surface area contributed by atoms with Gasteiger partial charge in [-0.2, -0.15) is 0 Å². The molecule has 1 aromatic heterocycles. The number of nitrogens with zero attached hydrogens (tertiary/aromatic N) is 2. The lowest BCUT2D eigenvalue weighted by Crippen LogP contribution is -2.54. The van der Waals surface area contributed by atoms with Crippen LogP contribution >= 0.6 is 12.2 Å². The van der Waals surface area contributed by atoms with Crippen LogP contribution in [0.25, 0.3) is 17.0 Å². The number of anilines is 1. The fourth-order valence-electron chi connectivity index (χ4n) is 4.08. The van der Waals surface area contributed by atoms with Gasteiger partial charge in [-0.05, 0) is 54.2 Å². The summed E-state index contributed by atoms with van der Waals surface area (Å²) >= 11 is 5.31. The molecule has 4 aromatic rings. The molecule has 1 N–H and O–H groups in total. The molecule has 2 amide bonds. The predicted octanol–water partition coefficient (Wildman–Crippen LogP) is 4.53. The normalized spacial score (nSPS) is 15.1. The average Bonchev–Trinajstić information content (AvgIpc) is 3.20. The molecular weight excluding hydrogens is 446 g/mol. The molecule has 0 radical (unpaired) electrons. The van der Waals surface area contributed by atoms with Crippen molar-refractivity contribution in [2.45, 2.75) is 6.54 Å². The highest BCUT2D eigenvalue weighted by Gasteiger charge is 2.34. The number of para-hydroxylation sites is 1. The first-order chi connectivity index (χ1) is 16.5. The van der Waals surface area contributed by atoms with E-state index in [1.165, 1.54) is 4.90 Å². The largest absolute Gasteiger partial charge is 0.497 e. The molecule has 5 rings (SSSR count). The van der Waals surface area contributed by atoms with Crippen LogP contribution in [-0.4, -0.2) is 28.6 Å². The lowest BCUT2D eigenvalue weighted by atomic mass is 10.1. The number of fused-ring (bicyclic) bond motifs is 1. The SMILES string of the molecule is COc1ccc(N2C(=O)/C(=C\c3cn(Cc4ccccc4)c4ccccc34)C(=O)NC2=S)cc1. The van der Waals surface area contributed by atoms with Gasteiger partial charge in [0.15, 0.2) is 5.11 Å². The van der Waals surface area contributed by atoms with Gasteiger partial charge < -0.3 is 9.30 Å². The van der Waals surface area contributed by atoms with Gasteiger partial charge in [-0.15, -0.1) is 0 Å². The van der Waals surface area contributed by atoms with E-state index in [0.717, 1.165) is 22.0 Å². The topological polar surface area (TPSA) is 63.6 Å². The summed E-state index contributed by atoms with van der Waals surface area (Å²) in [5, 5.41) is 3.64. The summed E-state index contributed by atoms with van der Waals surface area (Å²) in [5.74, 6) is -0.330. The van der Waals surface area contributed by atoms with Crippen molar-refractivity contribution in [2.75, 3.05) is 12.0 Å². The highest BCUT2D eigenvalue weighted by molar-refractivity contribution is 7.80. The molecule has 168 valence electrons. The number of hydrogen-bond donors (Lipinski definition) is 1. The fourth-order valence-corrected chi connectivity index (χ4v) is 4.36. The molecule has 0 atom stereocenters. The average molecular weight is 468 g/mol. The van der Waals surface area contributed by atoms with E-state index in [-0.39, 0.29) is 10.7 Å². The van der Waals surface area contributed by atoms with E-state index in [1.807, 2.05) is 48.7 Å². The molecule has 0 spiro atoms. The zero-order valence-electron chi connectivity index (χ0n) is 18.4. The number of carbonyl (C=O) groups excluding carboxylic acids is 2. The van der Waals surface area contributed by atoms with Crippen molar-refractivity contribution in [3.8, 4) is 5.75 Å². The number of methoxy groups -OCH3 is 1. The second-order valence-corrected chi connectivity index (χ2v) is 8.26. The zero-order chi connectivity index (χ0) is 23.7. The lowest BCUT2D eigenvalue weighted by Gasteiger charge is -2.29. The van der Waals surface area contributed by atoms with Gasteiger partial charge in [0, 0.05) is 29.2 Å². The Morgan fingerprint density at radius 2 is 1.65 bits per heavy atom. The van der Waals surface area contributed by atoms with Gasteiger partial charge in [0.05, 0.1) is 12.8 Å². The number of hydrogen-bond acceptors (Lipinski definition) is 4. The number of aromatic nitrogens is 1. The van der Waals surface area contributed by atoms with Crippen LogP contribution in [0, 0.1) is 0 Å². The Balaban J connectivity index is 1.55. The van der Waals surface area contributed by atoms with Crippen molar-refractivity contribution in [1.82, 2.24) is 9.88 Å². The summed E-state index contributed by atoms with van der Waals surface area (Å²) in [5.41, 5.74) is 3.53.